The van der Waals surface area contributed by atoms with Gasteiger partial charge in [-0.2, -0.15) is 10.1 Å². The number of aryl methyl sites for hydroxylation is 1. The summed E-state index contributed by atoms with van der Waals surface area (Å²) in [7, 11) is 0. The van der Waals surface area contributed by atoms with Crippen LogP contribution in [0.4, 0.5) is 17.6 Å². The molecule has 6 rings (SSSR count). The van der Waals surface area contributed by atoms with Gasteiger partial charge in [0, 0.05) is 36.4 Å². The van der Waals surface area contributed by atoms with Gasteiger partial charge in [0.05, 0.1) is 18.6 Å². The molecule has 10 nitrogen and oxygen atoms in total. The van der Waals surface area contributed by atoms with Gasteiger partial charge in [-0.15, -0.1) is 11.3 Å². The van der Waals surface area contributed by atoms with E-state index in [-0.39, 0.29) is 30.1 Å². The maximum atomic E-state index is 13.3. The van der Waals surface area contributed by atoms with E-state index in [4.69, 9.17) is 14.7 Å². The van der Waals surface area contributed by atoms with E-state index >= 15 is 0 Å². The lowest BCUT2D eigenvalue weighted by molar-refractivity contribution is -0.146. The number of morpholine rings is 1. The predicted octanol–water partition coefficient (Wildman–Crippen LogP) is 2.78. The molecule has 3 atom stereocenters. The number of carbonyl (C=O) groups is 1. The number of carbonyl (C=O) groups excluding carboxylic acids is 1. The Kier molecular flexibility index (Phi) is 5.84. The molecule has 0 radical (unpaired) electrons. The summed E-state index contributed by atoms with van der Waals surface area (Å²) in [4.78, 5) is 26.0. The lowest BCUT2D eigenvalue weighted by atomic mass is 9.81. The molecule has 1 amide bonds. The summed E-state index contributed by atoms with van der Waals surface area (Å²) >= 11 is 1.60. The minimum atomic E-state index is -0.217. The van der Waals surface area contributed by atoms with E-state index in [2.05, 4.69) is 31.0 Å². The van der Waals surface area contributed by atoms with Crippen LogP contribution in [-0.2, 0) is 9.53 Å². The molecule has 3 aliphatic heterocycles. The molecular formula is C23H30N8O2S. The van der Waals surface area contributed by atoms with Crippen molar-refractivity contribution >= 4 is 45.0 Å². The topological polar surface area (TPSA) is 120 Å². The van der Waals surface area contributed by atoms with Gasteiger partial charge in [0.15, 0.2) is 5.82 Å². The quantitative estimate of drug-likeness (QED) is 0.438. The first-order valence-electron chi connectivity index (χ1n) is 12.1. The molecule has 3 fully saturated rings. The van der Waals surface area contributed by atoms with Gasteiger partial charge in [0.2, 0.25) is 11.9 Å². The molecular weight excluding hydrogens is 452 g/mol. The van der Waals surface area contributed by atoms with Crippen LogP contribution in [0.3, 0.4) is 0 Å². The summed E-state index contributed by atoms with van der Waals surface area (Å²) in [5.74, 6) is 2.30. The van der Waals surface area contributed by atoms with Crippen LogP contribution in [0.25, 0.3) is 10.2 Å². The number of aromatic nitrogens is 4. The Morgan fingerprint density at radius 2 is 2.12 bits per heavy atom. The number of H-pyrrole nitrogens is 1. The first kappa shape index (κ1) is 21.8. The van der Waals surface area contributed by atoms with E-state index in [0.717, 1.165) is 59.8 Å². The molecule has 3 aliphatic rings. The number of thiophene rings is 1. The fourth-order valence-corrected chi connectivity index (χ4v) is 6.33. The third kappa shape index (κ3) is 4.23. The van der Waals surface area contributed by atoms with Crippen LogP contribution in [0.15, 0.2) is 17.5 Å². The zero-order valence-electron chi connectivity index (χ0n) is 19.2. The van der Waals surface area contributed by atoms with Crippen LogP contribution < -0.4 is 16.0 Å². The van der Waals surface area contributed by atoms with Crippen molar-refractivity contribution in [3.63, 3.8) is 0 Å². The van der Waals surface area contributed by atoms with Crippen LogP contribution in [0.5, 0.6) is 0 Å². The molecule has 2 unspecified atom stereocenters. The minimum Gasteiger partial charge on any atom is -0.378 e. The summed E-state index contributed by atoms with van der Waals surface area (Å²) in [6.07, 6.45) is 5.08. The lowest BCUT2D eigenvalue weighted by Gasteiger charge is -2.50. The van der Waals surface area contributed by atoms with Crippen LogP contribution in [0.2, 0.25) is 0 Å². The number of nitrogens with zero attached hydrogens (tertiary/aromatic N) is 4. The summed E-state index contributed by atoms with van der Waals surface area (Å²) in [6.45, 7) is 3.85. The zero-order valence-corrected chi connectivity index (χ0v) is 20.0. The van der Waals surface area contributed by atoms with Crippen molar-refractivity contribution < 1.29 is 9.53 Å². The molecule has 4 N–H and O–H groups in total. The van der Waals surface area contributed by atoms with Gasteiger partial charge < -0.3 is 25.6 Å². The molecule has 11 heteroatoms. The highest BCUT2D eigenvalue weighted by Crippen LogP contribution is 2.36. The van der Waals surface area contributed by atoms with Crippen LogP contribution in [0.1, 0.15) is 37.8 Å². The van der Waals surface area contributed by atoms with Gasteiger partial charge in [0.25, 0.3) is 0 Å². The number of rotatable bonds is 5. The van der Waals surface area contributed by atoms with Crippen molar-refractivity contribution in [1.29, 1.82) is 0 Å². The molecule has 0 saturated carbocycles. The number of hydrogen-bond donors (Lipinski definition) is 4. The number of aromatic amines is 1. The first-order valence-corrected chi connectivity index (χ1v) is 13.0. The molecule has 180 valence electrons. The number of anilines is 3. The number of fused-ring (bicyclic) bond motifs is 3. The lowest BCUT2D eigenvalue weighted by Crippen LogP contribution is -2.62. The summed E-state index contributed by atoms with van der Waals surface area (Å²) in [5, 5.41) is 20.5. The maximum Gasteiger partial charge on any atom is 0.242 e. The smallest absolute Gasteiger partial charge is 0.242 e. The fourth-order valence-electron chi connectivity index (χ4n) is 5.56. The SMILES string of the molecule is Cc1cc(Nc2nc(NC3CC4CCCC(C3)N4C(=O)[C@H]3COCCN3)nc3sccc23)n[nH]1. The second-order valence-electron chi connectivity index (χ2n) is 9.47. The second-order valence-corrected chi connectivity index (χ2v) is 10.4. The fraction of sp³-hybridized carbons (Fsp3) is 0.565. The number of amides is 1. The van der Waals surface area contributed by atoms with Crippen molar-refractivity contribution in [2.75, 3.05) is 30.4 Å². The molecule has 6 heterocycles. The Morgan fingerprint density at radius 3 is 2.85 bits per heavy atom. The minimum absolute atomic E-state index is 0.199. The van der Waals surface area contributed by atoms with Gasteiger partial charge in [0.1, 0.15) is 16.7 Å². The summed E-state index contributed by atoms with van der Waals surface area (Å²) < 4.78 is 5.55. The van der Waals surface area contributed by atoms with Gasteiger partial charge in [-0.05, 0) is 50.5 Å². The van der Waals surface area contributed by atoms with Crippen LogP contribution >= 0.6 is 11.3 Å². The second kappa shape index (κ2) is 9.12. The average Bonchev–Trinajstić information content (AvgIpc) is 3.47. The molecule has 3 aromatic heterocycles. The van der Waals surface area contributed by atoms with Crippen LogP contribution in [0, 0.1) is 6.92 Å². The number of ether oxygens (including phenoxy) is 1. The van der Waals surface area contributed by atoms with Crippen molar-refractivity contribution in [2.45, 2.75) is 63.2 Å². The van der Waals surface area contributed by atoms with Gasteiger partial charge in [-0.25, -0.2) is 4.98 Å². The highest BCUT2D eigenvalue weighted by molar-refractivity contribution is 7.16. The molecule has 0 spiro atoms. The van der Waals surface area contributed by atoms with Crippen molar-refractivity contribution in [3.8, 4) is 0 Å². The van der Waals surface area contributed by atoms with Crippen molar-refractivity contribution in [3.05, 3.63) is 23.2 Å². The largest absolute Gasteiger partial charge is 0.378 e. The predicted molar refractivity (Wildman–Crippen MR) is 132 cm³/mol. The number of piperidine rings is 2. The third-order valence-electron chi connectivity index (χ3n) is 7.06. The molecule has 0 aromatic carbocycles. The first-order chi connectivity index (χ1) is 16.6. The van der Waals surface area contributed by atoms with Crippen molar-refractivity contribution in [2.24, 2.45) is 0 Å². The van der Waals surface area contributed by atoms with E-state index in [9.17, 15) is 4.79 Å². The van der Waals surface area contributed by atoms with Crippen molar-refractivity contribution in [1.82, 2.24) is 30.4 Å². The number of nitrogens with one attached hydrogen (secondary N) is 4. The number of hydrogen-bond acceptors (Lipinski definition) is 9. The summed E-state index contributed by atoms with van der Waals surface area (Å²) in [6, 6.07) is 4.49. The highest BCUT2D eigenvalue weighted by Gasteiger charge is 2.43. The molecule has 3 aromatic rings. The van der Waals surface area contributed by atoms with Gasteiger partial charge in [-0.1, -0.05) is 0 Å². The molecule has 0 aliphatic carbocycles. The van der Waals surface area contributed by atoms with Gasteiger partial charge in [-0.3, -0.25) is 9.89 Å². The van der Waals surface area contributed by atoms with E-state index in [1.807, 2.05) is 24.4 Å². The average molecular weight is 483 g/mol. The normalized spacial score (nSPS) is 27.0. The Morgan fingerprint density at radius 1 is 1.26 bits per heavy atom. The van der Waals surface area contributed by atoms with E-state index in [1.54, 1.807) is 11.3 Å². The van der Waals surface area contributed by atoms with Crippen LogP contribution in [-0.4, -0.2) is 74.9 Å². The maximum absolute atomic E-state index is 13.3. The van der Waals surface area contributed by atoms with E-state index in [1.165, 1.54) is 6.42 Å². The Bertz CT molecular complexity index is 1160. The van der Waals surface area contributed by atoms with E-state index < -0.39 is 0 Å². The standard InChI is InChI=1S/C23H30N8O2S/c1-13-9-19(30-29-13)26-20-17-5-8-34-21(17)28-23(27-20)25-14-10-15-3-2-4-16(11-14)31(15)22(32)18-12-33-7-6-24-18/h5,8-9,14-16,18,24H,2-4,6-7,10-12H2,1H3,(H3,25,26,27,28,29,30)/t14?,15?,16?,18-/m1/s1. The molecule has 2 bridgehead atoms. The molecule has 3 saturated heterocycles. The monoisotopic (exact) mass is 482 g/mol. The summed E-state index contributed by atoms with van der Waals surface area (Å²) in [5.41, 5.74) is 0.985. The third-order valence-corrected chi connectivity index (χ3v) is 7.87. The Hall–Kier alpha value is -2.76. The Labute approximate surface area is 201 Å². The van der Waals surface area contributed by atoms with Gasteiger partial charge >= 0.3 is 0 Å². The Balaban J connectivity index is 1.19. The molecule has 34 heavy (non-hydrogen) atoms. The zero-order chi connectivity index (χ0) is 23.1. The van der Waals surface area contributed by atoms with E-state index in [0.29, 0.717) is 19.2 Å². The highest BCUT2D eigenvalue weighted by atomic mass is 32.1.